The molecule has 1 atom stereocenters. The van der Waals surface area contributed by atoms with Gasteiger partial charge in [-0.15, -0.1) is 0 Å². The fourth-order valence-corrected chi connectivity index (χ4v) is 2.37. The van der Waals surface area contributed by atoms with Crippen molar-refractivity contribution in [1.82, 2.24) is 5.32 Å². The predicted molar refractivity (Wildman–Crippen MR) is 83.5 cm³/mol. The van der Waals surface area contributed by atoms with Crippen LogP contribution in [-0.2, 0) is 11.2 Å². The van der Waals surface area contributed by atoms with Gasteiger partial charge in [0.25, 0.3) is 0 Å². The van der Waals surface area contributed by atoms with E-state index >= 15 is 0 Å². The number of nitrogens with one attached hydrogen (secondary N) is 2. The van der Waals surface area contributed by atoms with Gasteiger partial charge in [-0.2, -0.15) is 0 Å². The van der Waals surface area contributed by atoms with Gasteiger partial charge in [-0.1, -0.05) is 38.8 Å². The quantitative estimate of drug-likeness (QED) is 0.721. The Morgan fingerprint density at radius 1 is 1.14 bits per heavy atom. The molecule has 5 heteroatoms. The number of benzene rings is 1. The van der Waals surface area contributed by atoms with Crippen molar-refractivity contribution < 1.29 is 14.7 Å². The number of carbonyl (C=O) groups is 2. The Hall–Kier alpha value is -2.04. The van der Waals surface area contributed by atoms with Crippen molar-refractivity contribution in [3.8, 4) is 0 Å². The lowest BCUT2D eigenvalue weighted by molar-refractivity contribution is -0.136. The molecule has 1 unspecified atom stereocenters. The normalized spacial score (nSPS) is 12.0. The predicted octanol–water partition coefficient (Wildman–Crippen LogP) is 3.26. The summed E-state index contributed by atoms with van der Waals surface area (Å²) >= 11 is 0. The van der Waals surface area contributed by atoms with Crippen LogP contribution in [0.2, 0.25) is 0 Å². The fourth-order valence-electron chi connectivity index (χ4n) is 2.37. The van der Waals surface area contributed by atoms with Crippen molar-refractivity contribution in [2.75, 3.05) is 5.32 Å². The average molecular weight is 292 g/mol. The minimum Gasteiger partial charge on any atom is -0.481 e. The minimum absolute atomic E-state index is 0.0157. The molecule has 3 N–H and O–H groups in total. The summed E-state index contributed by atoms with van der Waals surface area (Å²) in [5.74, 6) is -0.402. The van der Waals surface area contributed by atoms with Crippen LogP contribution in [0, 0.1) is 5.92 Å². The van der Waals surface area contributed by atoms with Crippen molar-refractivity contribution in [1.29, 1.82) is 0 Å². The largest absolute Gasteiger partial charge is 0.481 e. The van der Waals surface area contributed by atoms with E-state index in [1.54, 1.807) is 24.3 Å². The number of carbonyl (C=O) groups excluding carboxylic acids is 1. The number of urea groups is 1. The van der Waals surface area contributed by atoms with Gasteiger partial charge in [0.2, 0.25) is 0 Å². The summed E-state index contributed by atoms with van der Waals surface area (Å²) in [7, 11) is 0. The third kappa shape index (κ3) is 5.85. The van der Waals surface area contributed by atoms with Gasteiger partial charge < -0.3 is 15.7 Å². The molecule has 1 rings (SSSR count). The maximum Gasteiger partial charge on any atom is 0.319 e. The molecule has 0 bridgehead atoms. The second-order valence-electron chi connectivity index (χ2n) is 5.23. The molecular weight excluding hydrogens is 268 g/mol. The first-order valence-electron chi connectivity index (χ1n) is 7.34. The lowest BCUT2D eigenvalue weighted by Gasteiger charge is -2.22. The molecule has 5 nitrogen and oxygen atoms in total. The highest BCUT2D eigenvalue weighted by Crippen LogP contribution is 2.13. The first-order chi connectivity index (χ1) is 9.96. The molecule has 1 aromatic rings. The Morgan fingerprint density at radius 2 is 1.71 bits per heavy atom. The van der Waals surface area contributed by atoms with E-state index in [0.717, 1.165) is 12.8 Å². The number of hydrogen-bond acceptors (Lipinski definition) is 2. The van der Waals surface area contributed by atoms with E-state index in [9.17, 15) is 9.59 Å². The van der Waals surface area contributed by atoms with Crippen LogP contribution in [0.5, 0.6) is 0 Å². The van der Waals surface area contributed by atoms with Crippen molar-refractivity contribution in [3.05, 3.63) is 29.8 Å². The van der Waals surface area contributed by atoms with Gasteiger partial charge in [0.1, 0.15) is 0 Å². The zero-order valence-corrected chi connectivity index (χ0v) is 12.8. The van der Waals surface area contributed by atoms with Crippen molar-refractivity contribution in [2.45, 2.75) is 46.1 Å². The molecule has 0 spiro atoms. The molecule has 1 aromatic carbocycles. The lowest BCUT2D eigenvalue weighted by Crippen LogP contribution is -2.40. The topological polar surface area (TPSA) is 78.4 Å². The number of carboxylic acids is 1. The number of anilines is 1. The summed E-state index contributed by atoms with van der Waals surface area (Å²) in [5.41, 5.74) is 1.36. The highest BCUT2D eigenvalue weighted by molar-refractivity contribution is 5.89. The van der Waals surface area contributed by atoms with Gasteiger partial charge in [-0.3, -0.25) is 4.79 Å². The van der Waals surface area contributed by atoms with E-state index < -0.39 is 5.97 Å². The summed E-state index contributed by atoms with van der Waals surface area (Å²) in [6.07, 6.45) is 2.04. The molecule has 0 aliphatic heterocycles. The molecule has 0 radical (unpaired) electrons. The van der Waals surface area contributed by atoms with Gasteiger partial charge in [0, 0.05) is 11.7 Å². The minimum atomic E-state index is -0.868. The third-order valence-electron chi connectivity index (χ3n) is 3.68. The Morgan fingerprint density at radius 3 is 2.19 bits per heavy atom. The summed E-state index contributed by atoms with van der Waals surface area (Å²) in [5, 5.41) is 14.4. The number of carboxylic acid groups (broad SMARTS) is 1. The molecule has 0 heterocycles. The molecule has 116 valence electrons. The van der Waals surface area contributed by atoms with E-state index in [-0.39, 0.29) is 18.5 Å². The summed E-state index contributed by atoms with van der Waals surface area (Å²) in [6.45, 7) is 6.24. The average Bonchev–Trinajstić information content (AvgIpc) is 2.41. The van der Waals surface area contributed by atoms with E-state index in [1.807, 2.05) is 6.92 Å². The summed E-state index contributed by atoms with van der Waals surface area (Å²) < 4.78 is 0. The van der Waals surface area contributed by atoms with Crippen LogP contribution >= 0.6 is 0 Å². The number of hydrogen-bond donors (Lipinski definition) is 3. The molecule has 0 fully saturated rings. The van der Waals surface area contributed by atoms with E-state index in [4.69, 9.17) is 5.11 Å². The molecule has 21 heavy (non-hydrogen) atoms. The van der Waals surface area contributed by atoms with Gasteiger partial charge in [-0.25, -0.2) is 4.79 Å². The summed E-state index contributed by atoms with van der Waals surface area (Å²) in [6, 6.07) is 6.70. The van der Waals surface area contributed by atoms with Gasteiger partial charge in [0.05, 0.1) is 6.42 Å². The highest BCUT2D eigenvalue weighted by atomic mass is 16.4. The van der Waals surface area contributed by atoms with Crippen LogP contribution in [0.4, 0.5) is 10.5 Å². The van der Waals surface area contributed by atoms with Crippen molar-refractivity contribution >= 4 is 17.7 Å². The Kier molecular flexibility index (Phi) is 6.72. The highest BCUT2D eigenvalue weighted by Gasteiger charge is 2.15. The molecule has 0 aliphatic carbocycles. The Balaban J connectivity index is 2.53. The maximum atomic E-state index is 11.9. The SMILES string of the molecule is CCC(CC)C(C)NC(=O)Nc1ccc(CC(=O)O)cc1. The Bertz CT molecular complexity index is 467. The zero-order valence-electron chi connectivity index (χ0n) is 12.8. The van der Waals surface area contributed by atoms with E-state index in [1.165, 1.54) is 0 Å². The smallest absolute Gasteiger partial charge is 0.319 e. The molecule has 0 saturated heterocycles. The van der Waals surface area contributed by atoms with Gasteiger partial charge in [-0.05, 0) is 30.5 Å². The van der Waals surface area contributed by atoms with Crippen LogP contribution in [0.25, 0.3) is 0 Å². The van der Waals surface area contributed by atoms with E-state index in [2.05, 4.69) is 24.5 Å². The van der Waals surface area contributed by atoms with Crippen molar-refractivity contribution in [3.63, 3.8) is 0 Å². The third-order valence-corrected chi connectivity index (χ3v) is 3.68. The number of rotatable bonds is 7. The summed E-state index contributed by atoms with van der Waals surface area (Å²) in [4.78, 5) is 22.5. The van der Waals surface area contributed by atoms with E-state index in [0.29, 0.717) is 17.2 Å². The molecule has 2 amide bonds. The zero-order chi connectivity index (χ0) is 15.8. The number of amides is 2. The van der Waals surface area contributed by atoms with Crippen LogP contribution < -0.4 is 10.6 Å². The lowest BCUT2D eigenvalue weighted by atomic mass is 9.96. The van der Waals surface area contributed by atoms with Gasteiger partial charge >= 0.3 is 12.0 Å². The Labute approximate surface area is 125 Å². The second kappa shape index (κ2) is 8.29. The maximum absolute atomic E-state index is 11.9. The monoisotopic (exact) mass is 292 g/mol. The molecule has 0 aromatic heterocycles. The van der Waals surface area contributed by atoms with Crippen LogP contribution in [0.3, 0.4) is 0 Å². The van der Waals surface area contributed by atoms with Crippen LogP contribution in [-0.4, -0.2) is 23.1 Å². The first-order valence-corrected chi connectivity index (χ1v) is 7.34. The first kappa shape index (κ1) is 17.0. The standard InChI is InChI=1S/C16H24N2O3/c1-4-13(5-2)11(3)17-16(21)18-14-8-6-12(7-9-14)10-15(19)20/h6-9,11,13H,4-5,10H2,1-3H3,(H,19,20)(H2,17,18,21). The molecular formula is C16H24N2O3. The fraction of sp³-hybridized carbons (Fsp3) is 0.500. The van der Waals surface area contributed by atoms with Crippen LogP contribution in [0.1, 0.15) is 39.2 Å². The second-order valence-corrected chi connectivity index (χ2v) is 5.23. The number of aliphatic carboxylic acids is 1. The van der Waals surface area contributed by atoms with Gasteiger partial charge in [0.15, 0.2) is 0 Å². The molecule has 0 saturated carbocycles. The molecule has 0 aliphatic rings. The van der Waals surface area contributed by atoms with Crippen molar-refractivity contribution in [2.24, 2.45) is 5.92 Å². The van der Waals surface area contributed by atoms with Crippen LogP contribution in [0.15, 0.2) is 24.3 Å².